The van der Waals surface area contributed by atoms with Gasteiger partial charge in [0.2, 0.25) is 0 Å². The number of hydrogen-bond acceptors (Lipinski definition) is 4. The summed E-state index contributed by atoms with van der Waals surface area (Å²) in [4.78, 5) is 16.0. The van der Waals surface area contributed by atoms with Crippen LogP contribution in [0, 0.1) is 23.3 Å². The number of para-hydroxylation sites is 1. The second kappa shape index (κ2) is 15.9. The molecule has 0 saturated heterocycles. The van der Waals surface area contributed by atoms with Crippen LogP contribution in [0.25, 0.3) is 44.3 Å². The van der Waals surface area contributed by atoms with Crippen molar-refractivity contribution in [2.45, 2.75) is 67.7 Å². The Labute approximate surface area is 299 Å². The minimum absolute atomic E-state index is 0. The van der Waals surface area contributed by atoms with Gasteiger partial charge < -0.3 is 14.8 Å². The molecule has 1 N–H and O–H groups in total. The number of rotatable bonds is 7. The Morgan fingerprint density at radius 1 is 0.833 bits per heavy atom. The zero-order valence-corrected chi connectivity index (χ0v) is 31.5. The fourth-order valence-electron chi connectivity index (χ4n) is 6.04. The van der Waals surface area contributed by atoms with Crippen LogP contribution in [-0.4, -0.2) is 15.9 Å². The van der Waals surface area contributed by atoms with Crippen molar-refractivity contribution in [3.63, 3.8) is 0 Å². The van der Waals surface area contributed by atoms with Gasteiger partial charge in [0.25, 0.3) is 0 Å². The van der Waals surface area contributed by atoms with Gasteiger partial charge in [0.15, 0.2) is 5.78 Å². The van der Waals surface area contributed by atoms with Crippen molar-refractivity contribution in [1.29, 1.82) is 0 Å². The Morgan fingerprint density at radius 2 is 1.48 bits per heavy atom. The molecular formula is C43H46IrNO3-. The minimum Gasteiger partial charge on any atom is -0.512 e. The summed E-state index contributed by atoms with van der Waals surface area (Å²) in [6.07, 6.45) is 5.40. The van der Waals surface area contributed by atoms with Gasteiger partial charge in [-0.05, 0) is 69.0 Å². The summed E-state index contributed by atoms with van der Waals surface area (Å²) < 4.78 is 6.49. The predicted octanol–water partition coefficient (Wildman–Crippen LogP) is 11.8. The predicted molar refractivity (Wildman–Crippen MR) is 195 cm³/mol. The van der Waals surface area contributed by atoms with Gasteiger partial charge in [0.05, 0.1) is 11.5 Å². The third-order valence-corrected chi connectivity index (χ3v) is 7.90. The van der Waals surface area contributed by atoms with Crippen LogP contribution >= 0.6 is 0 Å². The topological polar surface area (TPSA) is 59.4 Å². The summed E-state index contributed by atoms with van der Waals surface area (Å²) in [5, 5.41) is 11.7. The summed E-state index contributed by atoms with van der Waals surface area (Å²) in [6, 6.07) is 33.1. The second-order valence-corrected chi connectivity index (χ2v) is 14.5. The van der Waals surface area contributed by atoms with E-state index in [0.29, 0.717) is 24.7 Å². The fourth-order valence-corrected chi connectivity index (χ4v) is 6.04. The van der Waals surface area contributed by atoms with E-state index >= 15 is 0 Å². The first-order valence-corrected chi connectivity index (χ1v) is 16.6. The van der Waals surface area contributed by atoms with Crippen LogP contribution in [0.1, 0.15) is 66.9 Å². The van der Waals surface area contributed by atoms with E-state index in [-0.39, 0.29) is 37.1 Å². The van der Waals surface area contributed by atoms with E-state index < -0.39 is 0 Å². The van der Waals surface area contributed by atoms with E-state index in [4.69, 9.17) is 9.72 Å². The quantitative estimate of drug-likeness (QED) is 0.0990. The van der Waals surface area contributed by atoms with Gasteiger partial charge in [-0.2, -0.15) is 0 Å². The molecule has 1 radical (unpaired) electrons. The Balaban J connectivity index is 0.000000319. The SMILES string of the molecule is CC(C)(C)Cc1ccc2c(-c3[c-]cc4c(c3)Oc3ccccc3-c3ccccc3-4)nccc2c1.CC(C)CC(=O)/C=C(\O)CC(C)C.[Ir]. The number of carbonyl (C=O) groups excluding carboxylic acids is 1. The Bertz CT molecular complexity index is 1920. The summed E-state index contributed by atoms with van der Waals surface area (Å²) in [7, 11) is 0. The van der Waals surface area contributed by atoms with E-state index in [0.717, 1.165) is 51.3 Å². The van der Waals surface area contributed by atoms with E-state index in [1.54, 1.807) is 0 Å². The van der Waals surface area contributed by atoms with E-state index in [9.17, 15) is 9.90 Å². The molecule has 4 aromatic carbocycles. The maximum atomic E-state index is 11.2. The summed E-state index contributed by atoms with van der Waals surface area (Å²) in [5.74, 6) is 2.67. The molecule has 0 bridgehead atoms. The number of hydrogen-bond donors (Lipinski definition) is 1. The number of benzene rings is 4. The van der Waals surface area contributed by atoms with Gasteiger partial charge in [0.1, 0.15) is 5.75 Å². The zero-order chi connectivity index (χ0) is 33.7. The number of pyridine rings is 1. The Hall–Kier alpha value is -4.05. The Morgan fingerprint density at radius 3 is 2.15 bits per heavy atom. The number of aromatic nitrogens is 1. The Kier molecular flexibility index (Phi) is 12.2. The molecule has 4 nitrogen and oxygen atoms in total. The molecule has 0 amide bonds. The standard InChI is InChI=1S/C32H26NO.C11H20O2.Ir/c1-32(2,3)20-21-12-14-24-22(18-21)16-17-33-31(24)23-13-15-28-26-9-5-4-8-25(26)27-10-6-7-11-29(27)34-30(28)19-23;1-8(2)5-10(12)7-11(13)6-9(3)4;/h4-12,14-19H,20H2,1-3H3;7-9,12H,5-6H2,1-4H3;/q-1;;/b;10-7-;. The average molecular weight is 817 g/mol. The van der Waals surface area contributed by atoms with Crippen molar-refractivity contribution in [2.75, 3.05) is 0 Å². The van der Waals surface area contributed by atoms with Crippen LogP contribution in [0.5, 0.6) is 11.5 Å². The number of carbonyl (C=O) groups is 1. The molecule has 5 heteroatoms. The van der Waals surface area contributed by atoms with E-state index in [1.165, 1.54) is 22.6 Å². The van der Waals surface area contributed by atoms with Gasteiger partial charge in [-0.15, -0.1) is 17.7 Å². The van der Waals surface area contributed by atoms with Crippen molar-refractivity contribution in [3.8, 4) is 45.0 Å². The smallest absolute Gasteiger partial charge is 0.159 e. The number of aliphatic hydroxyl groups is 1. The third kappa shape index (κ3) is 9.30. The molecule has 5 aromatic rings. The van der Waals surface area contributed by atoms with Gasteiger partial charge in [-0.3, -0.25) is 4.79 Å². The largest absolute Gasteiger partial charge is 0.512 e. The van der Waals surface area contributed by atoms with Crippen LogP contribution in [-0.2, 0) is 31.3 Å². The first-order chi connectivity index (χ1) is 22.4. The summed E-state index contributed by atoms with van der Waals surface area (Å²) in [5.41, 5.74) is 7.93. The number of ether oxygens (including phenoxy) is 1. The minimum atomic E-state index is 0. The molecule has 0 fully saturated rings. The number of ketones is 1. The number of nitrogens with zero attached hydrogens (tertiary/aromatic N) is 1. The fraction of sp³-hybridized carbons (Fsp3) is 0.302. The van der Waals surface area contributed by atoms with Crippen LogP contribution in [0.3, 0.4) is 0 Å². The van der Waals surface area contributed by atoms with Gasteiger partial charge in [-0.25, -0.2) is 0 Å². The molecule has 0 aliphatic carbocycles. The third-order valence-electron chi connectivity index (χ3n) is 7.90. The number of aliphatic hydroxyl groups excluding tert-OH is 1. The van der Waals surface area contributed by atoms with Gasteiger partial charge in [-0.1, -0.05) is 121 Å². The van der Waals surface area contributed by atoms with Crippen molar-refractivity contribution in [2.24, 2.45) is 17.3 Å². The van der Waals surface area contributed by atoms with Crippen LogP contribution in [0.2, 0.25) is 0 Å². The first-order valence-electron chi connectivity index (χ1n) is 16.6. The van der Waals surface area contributed by atoms with Crippen molar-refractivity contribution in [3.05, 3.63) is 115 Å². The maximum Gasteiger partial charge on any atom is 0.159 e. The van der Waals surface area contributed by atoms with Gasteiger partial charge >= 0.3 is 0 Å². The molecule has 0 unspecified atom stereocenters. The molecule has 6 rings (SSSR count). The molecule has 0 saturated carbocycles. The normalized spacial score (nSPS) is 12.1. The average Bonchev–Trinajstić information content (AvgIpc) is 3.13. The van der Waals surface area contributed by atoms with Crippen molar-refractivity contribution in [1.82, 2.24) is 4.98 Å². The van der Waals surface area contributed by atoms with E-state index in [2.05, 4.69) is 93.6 Å². The van der Waals surface area contributed by atoms with Crippen molar-refractivity contribution < 1.29 is 34.7 Å². The molecule has 2 heterocycles. The molecule has 0 atom stereocenters. The summed E-state index contributed by atoms with van der Waals surface area (Å²) in [6.45, 7) is 14.8. The van der Waals surface area contributed by atoms with Crippen molar-refractivity contribution >= 4 is 16.6 Å². The maximum absolute atomic E-state index is 11.2. The second-order valence-electron chi connectivity index (χ2n) is 14.5. The van der Waals surface area contributed by atoms with Crippen LogP contribution in [0.15, 0.2) is 103 Å². The molecule has 1 aromatic heterocycles. The first kappa shape index (κ1) is 36.8. The molecule has 1 aliphatic heterocycles. The molecule has 251 valence electrons. The zero-order valence-electron chi connectivity index (χ0n) is 29.1. The van der Waals surface area contributed by atoms with Gasteiger partial charge in [0, 0.05) is 50.8 Å². The summed E-state index contributed by atoms with van der Waals surface area (Å²) >= 11 is 0. The number of fused-ring (bicyclic) bond motifs is 6. The van der Waals surface area contributed by atoms with Crippen LogP contribution < -0.4 is 4.74 Å². The molecule has 1 aliphatic rings. The van der Waals surface area contributed by atoms with Crippen LogP contribution in [0.4, 0.5) is 0 Å². The number of allylic oxidation sites excluding steroid dienone is 2. The molecule has 0 spiro atoms. The molecular weight excluding hydrogens is 771 g/mol. The molecule has 48 heavy (non-hydrogen) atoms. The van der Waals surface area contributed by atoms with E-state index in [1.807, 2.05) is 52.1 Å². The monoisotopic (exact) mass is 817 g/mol.